The number of rotatable bonds is 6. The molecule has 0 aliphatic rings. The second-order valence-corrected chi connectivity index (χ2v) is 8.26. The fraction of sp³-hybridized carbons (Fsp3) is 0.400. The molecule has 1 rings (SSSR count). The van der Waals surface area contributed by atoms with Gasteiger partial charge in [0.2, 0.25) is 10.0 Å². The molecule has 1 N–H and O–H groups in total. The van der Waals surface area contributed by atoms with Crippen molar-refractivity contribution in [2.24, 2.45) is 0 Å². The average molecular weight is 328 g/mol. The van der Waals surface area contributed by atoms with E-state index in [-0.39, 0.29) is 22.2 Å². The summed E-state index contributed by atoms with van der Waals surface area (Å²) in [6.07, 6.45) is 1.03. The molecule has 0 radical (unpaired) electrons. The number of sulfone groups is 1. The van der Waals surface area contributed by atoms with Gasteiger partial charge in [0.25, 0.3) is 0 Å². The zero-order valence-electron chi connectivity index (χ0n) is 10.4. The van der Waals surface area contributed by atoms with Gasteiger partial charge in [-0.3, -0.25) is 0 Å². The van der Waals surface area contributed by atoms with Crippen molar-refractivity contribution in [3.63, 3.8) is 0 Å². The van der Waals surface area contributed by atoms with Crippen molar-refractivity contribution in [2.75, 3.05) is 25.7 Å². The van der Waals surface area contributed by atoms with Crippen LogP contribution in [-0.4, -0.2) is 42.5 Å². The monoisotopic (exact) mass is 327 g/mol. The maximum atomic E-state index is 11.9. The number of halogens is 1. The lowest BCUT2D eigenvalue weighted by atomic mass is 10.3. The van der Waals surface area contributed by atoms with Gasteiger partial charge in [-0.15, -0.1) is 0 Å². The Bertz CT molecular complexity index is 654. The number of nitrogens with one attached hydrogen (secondary N) is 1. The van der Waals surface area contributed by atoms with E-state index in [0.717, 1.165) is 6.26 Å². The number of hydrogen-bond acceptors (Lipinski definition) is 5. The lowest BCUT2D eigenvalue weighted by molar-refractivity contribution is 0.414. The molecule has 0 amide bonds. The van der Waals surface area contributed by atoms with Gasteiger partial charge in [-0.05, 0) is 18.2 Å². The smallest absolute Gasteiger partial charge is 0.240 e. The molecule has 0 saturated carbocycles. The Labute approximate surface area is 117 Å². The fourth-order valence-electron chi connectivity index (χ4n) is 1.26. The molecule has 0 atom stereocenters. The van der Waals surface area contributed by atoms with Crippen molar-refractivity contribution < 1.29 is 21.6 Å². The first-order valence-electron chi connectivity index (χ1n) is 5.16. The first kappa shape index (κ1) is 16.2. The van der Waals surface area contributed by atoms with E-state index in [1.165, 1.54) is 25.3 Å². The van der Waals surface area contributed by atoms with Crippen molar-refractivity contribution in [1.29, 1.82) is 0 Å². The zero-order chi connectivity index (χ0) is 14.7. The van der Waals surface area contributed by atoms with Crippen LogP contribution in [0.15, 0.2) is 23.1 Å². The second-order valence-electron chi connectivity index (χ2n) is 3.82. The molecule has 1 aromatic carbocycles. The molecule has 1 aromatic rings. The molecule has 0 saturated heterocycles. The van der Waals surface area contributed by atoms with E-state index >= 15 is 0 Å². The van der Waals surface area contributed by atoms with Crippen LogP contribution >= 0.6 is 11.6 Å². The largest absolute Gasteiger partial charge is 0.495 e. The van der Waals surface area contributed by atoms with Crippen LogP contribution in [0.5, 0.6) is 5.75 Å². The van der Waals surface area contributed by atoms with Gasteiger partial charge in [0.15, 0.2) is 0 Å². The zero-order valence-corrected chi connectivity index (χ0v) is 12.8. The van der Waals surface area contributed by atoms with E-state index in [0.29, 0.717) is 5.75 Å². The Morgan fingerprint density at radius 1 is 1.26 bits per heavy atom. The van der Waals surface area contributed by atoms with Gasteiger partial charge >= 0.3 is 0 Å². The van der Waals surface area contributed by atoms with Crippen molar-refractivity contribution in [3.8, 4) is 5.75 Å². The molecule has 0 spiro atoms. The Morgan fingerprint density at radius 2 is 1.89 bits per heavy atom. The molecule has 0 unspecified atom stereocenters. The maximum Gasteiger partial charge on any atom is 0.240 e. The summed E-state index contributed by atoms with van der Waals surface area (Å²) in [7, 11) is -5.59. The molecule has 108 valence electrons. The summed E-state index contributed by atoms with van der Waals surface area (Å²) < 4.78 is 52.7. The van der Waals surface area contributed by atoms with Gasteiger partial charge in [0, 0.05) is 12.8 Å². The summed E-state index contributed by atoms with van der Waals surface area (Å²) in [4.78, 5) is -0.0493. The fourth-order valence-corrected chi connectivity index (χ4v) is 3.24. The highest BCUT2D eigenvalue weighted by molar-refractivity contribution is 7.91. The van der Waals surface area contributed by atoms with Crippen LogP contribution in [0.1, 0.15) is 0 Å². The number of ether oxygens (including phenoxy) is 1. The van der Waals surface area contributed by atoms with Crippen LogP contribution in [0.4, 0.5) is 0 Å². The first-order chi connectivity index (χ1) is 8.65. The quantitative estimate of drug-likeness (QED) is 0.829. The Kier molecular flexibility index (Phi) is 5.19. The van der Waals surface area contributed by atoms with Gasteiger partial charge in [0.1, 0.15) is 15.6 Å². The Balaban J connectivity index is 2.86. The minimum absolute atomic E-state index is 0.0493. The number of sulfonamides is 1. The number of hydrogen-bond donors (Lipinski definition) is 1. The minimum atomic E-state index is -3.78. The second kappa shape index (κ2) is 6.08. The predicted molar refractivity (Wildman–Crippen MR) is 72.9 cm³/mol. The number of methoxy groups -OCH3 is 1. The van der Waals surface area contributed by atoms with Crippen LogP contribution in [-0.2, 0) is 19.9 Å². The van der Waals surface area contributed by atoms with Crippen molar-refractivity contribution in [1.82, 2.24) is 4.72 Å². The van der Waals surface area contributed by atoms with Gasteiger partial charge in [-0.2, -0.15) is 0 Å². The highest BCUT2D eigenvalue weighted by Gasteiger charge is 2.16. The van der Waals surface area contributed by atoms with E-state index < -0.39 is 19.9 Å². The molecule has 0 fully saturated rings. The minimum Gasteiger partial charge on any atom is -0.495 e. The van der Waals surface area contributed by atoms with Crippen LogP contribution in [0, 0.1) is 0 Å². The maximum absolute atomic E-state index is 11.9. The Hall–Kier alpha value is -0.830. The molecule has 9 heteroatoms. The summed E-state index contributed by atoms with van der Waals surface area (Å²) in [5, 5.41) is 0.161. The van der Waals surface area contributed by atoms with Crippen LogP contribution in [0.3, 0.4) is 0 Å². The molecule has 0 aromatic heterocycles. The molecule has 6 nitrogen and oxygen atoms in total. The van der Waals surface area contributed by atoms with Crippen LogP contribution < -0.4 is 9.46 Å². The highest BCUT2D eigenvalue weighted by atomic mass is 35.5. The summed E-state index contributed by atoms with van der Waals surface area (Å²) in [6.45, 7) is -0.190. The van der Waals surface area contributed by atoms with E-state index in [4.69, 9.17) is 16.3 Å². The topological polar surface area (TPSA) is 89.5 Å². The van der Waals surface area contributed by atoms with E-state index in [1.54, 1.807) is 0 Å². The molecular formula is C10H14ClNO5S2. The van der Waals surface area contributed by atoms with Crippen molar-refractivity contribution in [3.05, 3.63) is 23.2 Å². The van der Waals surface area contributed by atoms with Crippen LogP contribution in [0.25, 0.3) is 0 Å². The average Bonchev–Trinajstić information content (AvgIpc) is 2.26. The summed E-state index contributed by atoms with van der Waals surface area (Å²) in [5.74, 6) is 0.0904. The normalized spacial score (nSPS) is 12.4. The van der Waals surface area contributed by atoms with Gasteiger partial charge in [0.05, 0.1) is 22.8 Å². The highest BCUT2D eigenvalue weighted by Crippen LogP contribution is 2.26. The third-order valence-corrected chi connectivity index (χ3v) is 4.90. The van der Waals surface area contributed by atoms with Crippen molar-refractivity contribution in [2.45, 2.75) is 4.90 Å². The molecule has 0 aliphatic carbocycles. The van der Waals surface area contributed by atoms with Gasteiger partial charge in [-0.1, -0.05) is 11.6 Å². The van der Waals surface area contributed by atoms with E-state index in [9.17, 15) is 16.8 Å². The third kappa shape index (κ3) is 4.98. The third-order valence-electron chi connectivity index (χ3n) is 2.20. The van der Waals surface area contributed by atoms with E-state index in [2.05, 4.69) is 4.72 Å². The lowest BCUT2D eigenvalue weighted by Crippen LogP contribution is -2.28. The SMILES string of the molecule is COc1ccc(S(=O)(=O)NCCS(C)(=O)=O)cc1Cl. The summed E-state index contributed by atoms with van der Waals surface area (Å²) >= 11 is 5.83. The molecule has 19 heavy (non-hydrogen) atoms. The van der Waals surface area contributed by atoms with E-state index in [1.807, 2.05) is 0 Å². The number of benzene rings is 1. The van der Waals surface area contributed by atoms with Gasteiger partial charge < -0.3 is 4.74 Å². The predicted octanol–water partition coefficient (Wildman–Crippen LogP) is 0.672. The molecular weight excluding hydrogens is 314 g/mol. The van der Waals surface area contributed by atoms with Crippen molar-refractivity contribution >= 4 is 31.5 Å². The summed E-state index contributed by atoms with van der Waals surface area (Å²) in [5.41, 5.74) is 0. The molecule has 0 bridgehead atoms. The summed E-state index contributed by atoms with van der Waals surface area (Å²) in [6, 6.07) is 3.99. The standard InChI is InChI=1S/C10H14ClNO5S2/c1-17-10-4-3-8(7-9(10)11)19(15,16)12-5-6-18(2,13)14/h3-4,7,12H,5-6H2,1-2H3. The van der Waals surface area contributed by atoms with Gasteiger partial charge in [-0.25, -0.2) is 21.6 Å². The lowest BCUT2D eigenvalue weighted by Gasteiger charge is -2.08. The first-order valence-corrected chi connectivity index (χ1v) is 9.09. The Morgan fingerprint density at radius 3 is 2.37 bits per heavy atom. The molecule has 0 aliphatic heterocycles. The van der Waals surface area contributed by atoms with Crippen LogP contribution in [0.2, 0.25) is 5.02 Å². The molecule has 0 heterocycles.